The van der Waals surface area contributed by atoms with Gasteiger partial charge in [0.25, 0.3) is 0 Å². The van der Waals surface area contributed by atoms with Crippen molar-refractivity contribution in [1.29, 1.82) is 5.26 Å². The molecule has 2 aromatic rings. The molecular formula is C18H18ClN3O2. The molecule has 124 valence electrons. The number of likely N-dealkylation sites (tertiary alicyclic amines) is 1. The predicted octanol–water partition coefficient (Wildman–Crippen LogP) is 3.61. The van der Waals surface area contributed by atoms with Gasteiger partial charge in [-0.15, -0.1) is 0 Å². The maximum absolute atomic E-state index is 12.4. The molecule has 5 nitrogen and oxygen atoms in total. The molecule has 1 fully saturated rings. The SMILES string of the molecule is Cc1oc(-c2ccc(Cl)cc2)nc1CC(=O)N1CCC(C#N)CC1. The summed E-state index contributed by atoms with van der Waals surface area (Å²) in [6.45, 7) is 3.09. The third-order valence-corrected chi connectivity index (χ3v) is 4.58. The summed E-state index contributed by atoms with van der Waals surface area (Å²) in [6, 6.07) is 9.51. The summed E-state index contributed by atoms with van der Waals surface area (Å²) >= 11 is 5.89. The fourth-order valence-corrected chi connectivity index (χ4v) is 2.95. The van der Waals surface area contributed by atoms with E-state index in [1.165, 1.54) is 0 Å². The van der Waals surface area contributed by atoms with Crippen LogP contribution < -0.4 is 0 Å². The van der Waals surface area contributed by atoms with Crippen LogP contribution in [0.25, 0.3) is 11.5 Å². The molecule has 0 N–H and O–H groups in total. The quantitative estimate of drug-likeness (QED) is 0.853. The Morgan fingerprint density at radius 2 is 2.04 bits per heavy atom. The fourth-order valence-electron chi connectivity index (χ4n) is 2.82. The third kappa shape index (κ3) is 3.60. The number of aromatic nitrogens is 1. The molecule has 0 unspecified atom stereocenters. The first-order valence-electron chi connectivity index (χ1n) is 7.96. The Labute approximate surface area is 145 Å². The largest absolute Gasteiger partial charge is 0.441 e. The second-order valence-corrected chi connectivity index (χ2v) is 6.43. The van der Waals surface area contributed by atoms with Crippen molar-refractivity contribution in [3.8, 4) is 17.5 Å². The van der Waals surface area contributed by atoms with E-state index in [0.717, 1.165) is 18.4 Å². The van der Waals surface area contributed by atoms with Gasteiger partial charge in [0.15, 0.2) is 0 Å². The van der Waals surface area contributed by atoms with Gasteiger partial charge in [-0.25, -0.2) is 4.98 Å². The van der Waals surface area contributed by atoms with E-state index in [-0.39, 0.29) is 18.2 Å². The van der Waals surface area contributed by atoms with Crippen molar-refractivity contribution in [3.63, 3.8) is 0 Å². The number of nitrogens with zero attached hydrogens (tertiary/aromatic N) is 3. The smallest absolute Gasteiger partial charge is 0.228 e. The van der Waals surface area contributed by atoms with Crippen LogP contribution in [0.1, 0.15) is 24.3 Å². The molecule has 1 aromatic carbocycles. The Bertz CT molecular complexity index is 769. The molecule has 24 heavy (non-hydrogen) atoms. The first-order chi connectivity index (χ1) is 11.6. The second kappa shape index (κ2) is 7.06. The Morgan fingerprint density at radius 3 is 2.67 bits per heavy atom. The zero-order chi connectivity index (χ0) is 17.1. The van der Waals surface area contributed by atoms with E-state index in [4.69, 9.17) is 21.3 Å². The van der Waals surface area contributed by atoms with E-state index in [9.17, 15) is 4.79 Å². The molecule has 0 radical (unpaired) electrons. The summed E-state index contributed by atoms with van der Waals surface area (Å²) in [5.41, 5.74) is 1.49. The van der Waals surface area contributed by atoms with E-state index >= 15 is 0 Å². The summed E-state index contributed by atoms with van der Waals surface area (Å²) in [5.74, 6) is 1.25. The number of carbonyl (C=O) groups is 1. The van der Waals surface area contributed by atoms with Crippen molar-refractivity contribution < 1.29 is 9.21 Å². The van der Waals surface area contributed by atoms with Crippen LogP contribution in [0, 0.1) is 24.2 Å². The van der Waals surface area contributed by atoms with Gasteiger partial charge in [0.2, 0.25) is 11.8 Å². The molecule has 0 aliphatic carbocycles. The summed E-state index contributed by atoms with van der Waals surface area (Å²) in [5, 5.41) is 9.58. The number of piperidine rings is 1. The highest BCUT2D eigenvalue weighted by molar-refractivity contribution is 6.30. The summed E-state index contributed by atoms with van der Waals surface area (Å²) in [6.07, 6.45) is 1.71. The highest BCUT2D eigenvalue weighted by Gasteiger charge is 2.24. The second-order valence-electron chi connectivity index (χ2n) is 5.99. The lowest BCUT2D eigenvalue weighted by Gasteiger charge is -2.29. The molecule has 2 heterocycles. The van der Waals surface area contributed by atoms with Crippen molar-refractivity contribution in [3.05, 3.63) is 40.7 Å². The highest BCUT2D eigenvalue weighted by Crippen LogP contribution is 2.24. The molecular weight excluding hydrogens is 326 g/mol. The first kappa shape index (κ1) is 16.5. The van der Waals surface area contributed by atoms with Gasteiger partial charge in [-0.3, -0.25) is 4.79 Å². The fraction of sp³-hybridized carbons (Fsp3) is 0.389. The molecule has 1 aliphatic heterocycles. The Hall–Kier alpha value is -2.32. The number of aryl methyl sites for hydroxylation is 1. The van der Waals surface area contributed by atoms with Gasteiger partial charge in [0, 0.05) is 29.6 Å². The maximum Gasteiger partial charge on any atom is 0.228 e. The molecule has 0 bridgehead atoms. The zero-order valence-electron chi connectivity index (χ0n) is 13.5. The van der Waals surface area contributed by atoms with Gasteiger partial charge >= 0.3 is 0 Å². The van der Waals surface area contributed by atoms with Crippen LogP contribution in [0.2, 0.25) is 5.02 Å². The van der Waals surface area contributed by atoms with E-state index in [1.54, 1.807) is 12.1 Å². The number of oxazole rings is 1. The molecule has 0 atom stereocenters. The molecule has 0 spiro atoms. The molecule has 1 saturated heterocycles. The van der Waals surface area contributed by atoms with Crippen molar-refractivity contribution in [2.24, 2.45) is 5.92 Å². The lowest BCUT2D eigenvalue weighted by Crippen LogP contribution is -2.39. The Kier molecular flexibility index (Phi) is 4.86. The van der Waals surface area contributed by atoms with Crippen molar-refractivity contribution in [1.82, 2.24) is 9.88 Å². The number of hydrogen-bond donors (Lipinski definition) is 0. The molecule has 1 aromatic heterocycles. The molecule has 1 aliphatic rings. The first-order valence-corrected chi connectivity index (χ1v) is 8.34. The predicted molar refractivity (Wildman–Crippen MR) is 90.3 cm³/mol. The average molecular weight is 344 g/mol. The lowest BCUT2D eigenvalue weighted by atomic mass is 9.98. The van der Waals surface area contributed by atoms with Crippen LogP contribution in [0.3, 0.4) is 0 Å². The minimum Gasteiger partial charge on any atom is -0.441 e. The highest BCUT2D eigenvalue weighted by atomic mass is 35.5. The summed E-state index contributed by atoms with van der Waals surface area (Å²) < 4.78 is 5.70. The lowest BCUT2D eigenvalue weighted by molar-refractivity contribution is -0.131. The molecule has 1 amide bonds. The number of nitriles is 1. The molecule has 3 rings (SSSR count). The third-order valence-electron chi connectivity index (χ3n) is 4.33. The maximum atomic E-state index is 12.4. The minimum absolute atomic E-state index is 0.0328. The van der Waals surface area contributed by atoms with Crippen LogP contribution in [-0.2, 0) is 11.2 Å². The number of rotatable bonds is 3. The van der Waals surface area contributed by atoms with E-state index < -0.39 is 0 Å². The number of amides is 1. The van der Waals surface area contributed by atoms with Crippen LogP contribution in [0.15, 0.2) is 28.7 Å². The topological polar surface area (TPSA) is 70.1 Å². The van der Waals surface area contributed by atoms with Crippen LogP contribution in [0.4, 0.5) is 0 Å². The van der Waals surface area contributed by atoms with Crippen molar-refractivity contribution in [2.45, 2.75) is 26.2 Å². The van der Waals surface area contributed by atoms with E-state index in [1.807, 2.05) is 24.0 Å². The van der Waals surface area contributed by atoms with Crippen molar-refractivity contribution in [2.75, 3.05) is 13.1 Å². The minimum atomic E-state index is 0.0328. The van der Waals surface area contributed by atoms with Gasteiger partial charge in [-0.05, 0) is 44.0 Å². The van der Waals surface area contributed by atoms with Crippen LogP contribution in [-0.4, -0.2) is 28.9 Å². The summed E-state index contributed by atoms with van der Waals surface area (Å²) in [7, 11) is 0. The van der Waals surface area contributed by atoms with Gasteiger partial charge in [0.1, 0.15) is 5.76 Å². The number of carbonyl (C=O) groups excluding carboxylic acids is 1. The standard InChI is InChI=1S/C18H18ClN3O2/c1-12-16(10-17(23)22-8-6-13(11-20)7-9-22)21-18(24-12)14-2-4-15(19)5-3-14/h2-5,13H,6-10H2,1H3. The number of hydrogen-bond acceptors (Lipinski definition) is 4. The molecule has 6 heteroatoms. The zero-order valence-corrected chi connectivity index (χ0v) is 14.2. The van der Waals surface area contributed by atoms with Crippen LogP contribution >= 0.6 is 11.6 Å². The van der Waals surface area contributed by atoms with Gasteiger partial charge in [-0.1, -0.05) is 11.6 Å². The van der Waals surface area contributed by atoms with Crippen molar-refractivity contribution >= 4 is 17.5 Å². The van der Waals surface area contributed by atoms with Gasteiger partial charge < -0.3 is 9.32 Å². The monoisotopic (exact) mass is 343 g/mol. The van der Waals surface area contributed by atoms with Crippen LogP contribution in [0.5, 0.6) is 0 Å². The number of halogens is 1. The Morgan fingerprint density at radius 1 is 1.38 bits per heavy atom. The average Bonchev–Trinajstić information content (AvgIpc) is 2.96. The van der Waals surface area contributed by atoms with E-state index in [2.05, 4.69) is 11.1 Å². The summed E-state index contributed by atoms with van der Waals surface area (Å²) in [4.78, 5) is 18.7. The number of benzene rings is 1. The Balaban J connectivity index is 1.68. The van der Waals surface area contributed by atoms with Gasteiger partial charge in [0.05, 0.1) is 18.2 Å². The van der Waals surface area contributed by atoms with E-state index in [0.29, 0.717) is 35.5 Å². The van der Waals surface area contributed by atoms with Gasteiger partial charge in [-0.2, -0.15) is 5.26 Å². The normalized spacial score (nSPS) is 15.3. The molecule has 0 saturated carbocycles.